The molecule has 0 spiro atoms. The Balaban J connectivity index is 1.38. The molecule has 0 saturated carbocycles. The Labute approximate surface area is 216 Å². The SMILES string of the molecule is COc1cc2c(cc1OC)C1C(C(=O)N3CCN(c4ccccn4)CC3)c3ccccc3C(=O)N1CC2. The van der Waals surface area contributed by atoms with E-state index in [1.54, 1.807) is 20.4 Å². The molecule has 1 saturated heterocycles. The lowest BCUT2D eigenvalue weighted by atomic mass is 9.75. The van der Waals surface area contributed by atoms with E-state index < -0.39 is 12.0 Å². The van der Waals surface area contributed by atoms with Crippen molar-refractivity contribution in [2.45, 2.75) is 18.4 Å². The van der Waals surface area contributed by atoms with Gasteiger partial charge in [0.25, 0.3) is 5.91 Å². The highest BCUT2D eigenvalue weighted by Crippen LogP contribution is 2.48. The molecule has 8 heteroatoms. The van der Waals surface area contributed by atoms with Crippen molar-refractivity contribution in [1.29, 1.82) is 0 Å². The minimum atomic E-state index is -0.493. The number of rotatable bonds is 4. The fourth-order valence-electron chi connectivity index (χ4n) is 6.01. The lowest BCUT2D eigenvalue weighted by molar-refractivity contribution is -0.135. The Morgan fingerprint density at radius 3 is 2.35 bits per heavy atom. The lowest BCUT2D eigenvalue weighted by Crippen LogP contribution is -2.54. The molecule has 190 valence electrons. The number of aromatic nitrogens is 1. The van der Waals surface area contributed by atoms with Gasteiger partial charge in [-0.05, 0) is 53.4 Å². The number of anilines is 1. The van der Waals surface area contributed by atoms with Gasteiger partial charge in [-0.1, -0.05) is 24.3 Å². The van der Waals surface area contributed by atoms with Gasteiger partial charge in [0.2, 0.25) is 5.91 Å². The van der Waals surface area contributed by atoms with Crippen LogP contribution in [0.1, 0.15) is 39.0 Å². The molecule has 1 fully saturated rings. The third-order valence-corrected chi connectivity index (χ3v) is 7.86. The summed E-state index contributed by atoms with van der Waals surface area (Å²) < 4.78 is 11.2. The number of hydrogen-bond donors (Lipinski definition) is 0. The number of carbonyl (C=O) groups is 2. The Hall–Kier alpha value is -4.07. The molecule has 0 radical (unpaired) electrons. The van der Waals surface area contributed by atoms with Gasteiger partial charge in [-0.15, -0.1) is 0 Å². The van der Waals surface area contributed by atoms with Crippen LogP contribution in [0, 0.1) is 0 Å². The second kappa shape index (κ2) is 9.42. The first-order chi connectivity index (χ1) is 18.1. The van der Waals surface area contributed by atoms with Gasteiger partial charge < -0.3 is 24.2 Å². The summed E-state index contributed by atoms with van der Waals surface area (Å²) >= 11 is 0. The molecule has 0 bridgehead atoms. The average Bonchev–Trinajstić information content (AvgIpc) is 2.96. The molecule has 6 rings (SSSR count). The Kier molecular flexibility index (Phi) is 5.94. The molecule has 2 amide bonds. The number of amides is 2. The maximum Gasteiger partial charge on any atom is 0.254 e. The van der Waals surface area contributed by atoms with Crippen LogP contribution in [0.4, 0.5) is 5.82 Å². The van der Waals surface area contributed by atoms with Crippen LogP contribution in [0.2, 0.25) is 0 Å². The summed E-state index contributed by atoms with van der Waals surface area (Å²) in [6, 6.07) is 17.0. The maximum atomic E-state index is 14.3. The van der Waals surface area contributed by atoms with Gasteiger partial charge in [0, 0.05) is 44.5 Å². The fraction of sp³-hybridized carbons (Fsp3) is 0.345. The van der Waals surface area contributed by atoms with E-state index in [2.05, 4.69) is 9.88 Å². The predicted octanol–water partition coefficient (Wildman–Crippen LogP) is 3.28. The molecule has 3 aliphatic rings. The number of ether oxygens (including phenoxy) is 2. The highest BCUT2D eigenvalue weighted by molar-refractivity contribution is 6.01. The van der Waals surface area contributed by atoms with Crippen LogP contribution in [-0.2, 0) is 11.2 Å². The quantitative estimate of drug-likeness (QED) is 0.550. The third-order valence-electron chi connectivity index (χ3n) is 7.86. The van der Waals surface area contributed by atoms with Crippen LogP contribution in [0.3, 0.4) is 0 Å². The minimum absolute atomic E-state index is 0.0231. The van der Waals surface area contributed by atoms with Gasteiger partial charge in [0.15, 0.2) is 11.5 Å². The number of pyridine rings is 1. The number of hydrogen-bond acceptors (Lipinski definition) is 6. The normalized spacial score (nSPS) is 20.6. The van der Waals surface area contributed by atoms with Crippen molar-refractivity contribution in [1.82, 2.24) is 14.8 Å². The topological polar surface area (TPSA) is 75.2 Å². The van der Waals surface area contributed by atoms with E-state index in [1.807, 2.05) is 64.4 Å². The van der Waals surface area contributed by atoms with E-state index in [0.717, 1.165) is 22.5 Å². The van der Waals surface area contributed by atoms with Gasteiger partial charge in [0.1, 0.15) is 5.82 Å². The number of nitrogens with zero attached hydrogens (tertiary/aromatic N) is 4. The highest BCUT2D eigenvalue weighted by Gasteiger charge is 2.48. The predicted molar refractivity (Wildman–Crippen MR) is 139 cm³/mol. The van der Waals surface area contributed by atoms with Gasteiger partial charge in [-0.2, -0.15) is 0 Å². The smallest absolute Gasteiger partial charge is 0.254 e. The average molecular weight is 499 g/mol. The fourth-order valence-corrected chi connectivity index (χ4v) is 6.01. The number of methoxy groups -OCH3 is 2. The first kappa shape index (κ1) is 23.3. The van der Waals surface area contributed by atoms with Crippen LogP contribution in [0.5, 0.6) is 11.5 Å². The van der Waals surface area contributed by atoms with E-state index in [9.17, 15) is 9.59 Å². The maximum absolute atomic E-state index is 14.3. The molecule has 37 heavy (non-hydrogen) atoms. The van der Waals surface area contributed by atoms with E-state index in [1.165, 1.54) is 0 Å². The Morgan fingerprint density at radius 1 is 0.892 bits per heavy atom. The van der Waals surface area contributed by atoms with E-state index in [4.69, 9.17) is 9.47 Å². The molecule has 8 nitrogen and oxygen atoms in total. The monoisotopic (exact) mass is 498 g/mol. The van der Waals surface area contributed by atoms with Crippen molar-refractivity contribution in [3.05, 3.63) is 83.0 Å². The molecule has 1 aromatic heterocycles. The van der Waals surface area contributed by atoms with Gasteiger partial charge >= 0.3 is 0 Å². The first-order valence-corrected chi connectivity index (χ1v) is 12.7. The number of fused-ring (bicyclic) bond motifs is 4. The number of piperazine rings is 1. The summed E-state index contributed by atoms with van der Waals surface area (Å²) in [6.07, 6.45) is 2.49. The van der Waals surface area contributed by atoms with Crippen LogP contribution in [0.25, 0.3) is 0 Å². The first-order valence-electron chi connectivity index (χ1n) is 12.7. The van der Waals surface area contributed by atoms with Gasteiger partial charge in [-0.25, -0.2) is 4.98 Å². The molecule has 0 aliphatic carbocycles. The van der Waals surface area contributed by atoms with Gasteiger partial charge in [0.05, 0.1) is 26.2 Å². The summed E-state index contributed by atoms with van der Waals surface area (Å²) in [7, 11) is 3.23. The minimum Gasteiger partial charge on any atom is -0.493 e. The second-order valence-electron chi connectivity index (χ2n) is 9.66. The van der Waals surface area contributed by atoms with Crippen LogP contribution < -0.4 is 14.4 Å². The highest BCUT2D eigenvalue weighted by atomic mass is 16.5. The summed E-state index contributed by atoms with van der Waals surface area (Å²) in [5, 5.41) is 0. The standard InChI is InChI=1S/C29H30N4O4/c1-36-23-17-19-10-12-33-27(22(19)18-24(23)37-2)26(20-7-3-4-8-21(20)28(33)34)29(35)32-15-13-31(14-16-32)25-9-5-6-11-30-25/h3-9,11,17-18,26-27H,10,12-16H2,1-2H3. The zero-order chi connectivity index (χ0) is 25.5. The summed E-state index contributed by atoms with van der Waals surface area (Å²) in [6.45, 7) is 3.19. The van der Waals surface area contributed by atoms with Crippen molar-refractivity contribution in [2.75, 3.05) is 51.8 Å². The van der Waals surface area contributed by atoms with Crippen molar-refractivity contribution in [2.24, 2.45) is 0 Å². The lowest BCUT2D eigenvalue weighted by Gasteiger charge is -2.47. The summed E-state index contributed by atoms with van der Waals surface area (Å²) in [4.78, 5) is 38.4. The molecular weight excluding hydrogens is 468 g/mol. The molecule has 3 aliphatic heterocycles. The molecule has 2 aromatic carbocycles. The largest absolute Gasteiger partial charge is 0.493 e. The van der Waals surface area contributed by atoms with Crippen molar-refractivity contribution < 1.29 is 19.1 Å². The number of carbonyl (C=O) groups excluding carboxylic acids is 2. The van der Waals surface area contributed by atoms with E-state index >= 15 is 0 Å². The summed E-state index contributed by atoms with van der Waals surface area (Å²) in [5.41, 5.74) is 3.46. The van der Waals surface area contributed by atoms with E-state index in [-0.39, 0.29) is 11.8 Å². The molecule has 2 atom stereocenters. The third kappa shape index (κ3) is 3.87. The molecule has 0 N–H and O–H groups in total. The van der Waals surface area contributed by atoms with Crippen molar-refractivity contribution in [3.63, 3.8) is 0 Å². The molecule has 4 heterocycles. The molecular formula is C29H30N4O4. The molecule has 3 aromatic rings. The van der Waals surface area contributed by atoms with Crippen molar-refractivity contribution in [3.8, 4) is 11.5 Å². The zero-order valence-electron chi connectivity index (χ0n) is 21.1. The van der Waals surface area contributed by atoms with Crippen LogP contribution in [-0.4, -0.2) is 73.5 Å². The van der Waals surface area contributed by atoms with Gasteiger partial charge in [-0.3, -0.25) is 9.59 Å². The molecule has 2 unspecified atom stereocenters. The Morgan fingerprint density at radius 2 is 1.62 bits per heavy atom. The van der Waals surface area contributed by atoms with Crippen molar-refractivity contribution >= 4 is 17.6 Å². The van der Waals surface area contributed by atoms with Crippen LogP contribution in [0.15, 0.2) is 60.8 Å². The summed E-state index contributed by atoms with van der Waals surface area (Å²) in [5.74, 6) is 1.72. The zero-order valence-corrected chi connectivity index (χ0v) is 21.1. The second-order valence-corrected chi connectivity index (χ2v) is 9.66. The Bertz CT molecular complexity index is 1340. The van der Waals surface area contributed by atoms with Crippen LogP contribution >= 0.6 is 0 Å². The number of benzene rings is 2. The van der Waals surface area contributed by atoms with E-state index in [0.29, 0.717) is 56.2 Å².